The molecule has 0 spiro atoms. The highest BCUT2D eigenvalue weighted by Crippen LogP contribution is 2.33. The molecule has 4 nitrogen and oxygen atoms in total. The Morgan fingerprint density at radius 2 is 2.11 bits per heavy atom. The number of rotatable bonds is 3. The molecule has 102 valence electrons. The summed E-state index contributed by atoms with van der Waals surface area (Å²) in [5.41, 5.74) is 5.49. The molecule has 19 heavy (non-hydrogen) atoms. The molecule has 4 N–H and O–H groups in total. The molecule has 0 fully saturated rings. The fourth-order valence-electron chi connectivity index (χ4n) is 1.95. The molecular formula is C12H11F3N2O2. The van der Waals surface area contributed by atoms with Gasteiger partial charge in [0.15, 0.2) is 0 Å². The minimum atomic E-state index is -4.48. The SMILES string of the molecule is NC(CC(=O)O)c1cccc2[nH]c(C(F)(F)F)cc12. The number of carboxylic acids is 1. The zero-order valence-electron chi connectivity index (χ0n) is 9.66. The predicted molar refractivity (Wildman–Crippen MR) is 62.5 cm³/mol. The first-order valence-corrected chi connectivity index (χ1v) is 5.45. The number of nitrogens with one attached hydrogen (secondary N) is 1. The van der Waals surface area contributed by atoms with E-state index in [0.29, 0.717) is 10.9 Å². The summed E-state index contributed by atoms with van der Waals surface area (Å²) in [6.07, 6.45) is -4.82. The van der Waals surface area contributed by atoms with Gasteiger partial charge < -0.3 is 15.8 Å². The number of H-pyrrole nitrogens is 1. The molecule has 2 aromatic rings. The highest BCUT2D eigenvalue weighted by atomic mass is 19.4. The molecule has 1 aromatic carbocycles. The lowest BCUT2D eigenvalue weighted by molar-refractivity contribution is -0.140. The Hall–Kier alpha value is -2.02. The topological polar surface area (TPSA) is 79.1 Å². The second-order valence-corrected chi connectivity index (χ2v) is 4.19. The van der Waals surface area contributed by atoms with E-state index in [2.05, 4.69) is 4.98 Å². The zero-order valence-corrected chi connectivity index (χ0v) is 9.66. The summed E-state index contributed by atoms with van der Waals surface area (Å²) in [7, 11) is 0. The summed E-state index contributed by atoms with van der Waals surface area (Å²) in [6, 6.07) is 4.66. The van der Waals surface area contributed by atoms with Crippen LogP contribution in [0, 0.1) is 0 Å². The van der Waals surface area contributed by atoms with Crippen molar-refractivity contribution in [2.45, 2.75) is 18.6 Å². The van der Waals surface area contributed by atoms with Crippen LogP contribution in [-0.2, 0) is 11.0 Å². The van der Waals surface area contributed by atoms with Crippen LogP contribution in [0.2, 0.25) is 0 Å². The third-order valence-electron chi connectivity index (χ3n) is 2.80. The Bertz CT molecular complexity index is 619. The predicted octanol–water partition coefficient (Wildman–Crippen LogP) is 2.66. The molecule has 7 heteroatoms. The first-order chi connectivity index (χ1) is 8.79. The van der Waals surface area contributed by atoms with Crippen LogP contribution in [0.1, 0.15) is 23.7 Å². The molecule has 1 unspecified atom stereocenters. The number of aromatic amines is 1. The summed E-state index contributed by atoms with van der Waals surface area (Å²) < 4.78 is 37.8. The lowest BCUT2D eigenvalue weighted by Gasteiger charge is -2.10. The molecule has 1 atom stereocenters. The van der Waals surface area contributed by atoms with Crippen LogP contribution in [0.5, 0.6) is 0 Å². The minimum Gasteiger partial charge on any atom is -0.481 e. The summed E-state index contributed by atoms with van der Waals surface area (Å²) in [6.45, 7) is 0. The highest BCUT2D eigenvalue weighted by molar-refractivity contribution is 5.85. The number of carbonyl (C=O) groups is 1. The summed E-state index contributed by atoms with van der Waals surface area (Å²) >= 11 is 0. The number of aliphatic carboxylic acids is 1. The van der Waals surface area contributed by atoms with Crippen LogP contribution in [-0.4, -0.2) is 16.1 Å². The summed E-state index contributed by atoms with van der Waals surface area (Å²) in [5.74, 6) is -1.10. The van der Waals surface area contributed by atoms with Crippen molar-refractivity contribution in [3.8, 4) is 0 Å². The van der Waals surface area contributed by atoms with Gasteiger partial charge in [0.25, 0.3) is 0 Å². The van der Waals surface area contributed by atoms with Crippen molar-refractivity contribution in [2.24, 2.45) is 5.73 Å². The van der Waals surface area contributed by atoms with E-state index in [4.69, 9.17) is 10.8 Å². The Morgan fingerprint density at radius 3 is 2.68 bits per heavy atom. The highest BCUT2D eigenvalue weighted by Gasteiger charge is 2.33. The molecule has 1 aromatic heterocycles. The molecule has 0 aliphatic carbocycles. The number of benzene rings is 1. The van der Waals surface area contributed by atoms with Gasteiger partial charge in [-0.3, -0.25) is 4.79 Å². The average Bonchev–Trinajstić information content (AvgIpc) is 2.70. The fourth-order valence-corrected chi connectivity index (χ4v) is 1.95. The largest absolute Gasteiger partial charge is 0.481 e. The van der Waals surface area contributed by atoms with Crippen molar-refractivity contribution in [3.05, 3.63) is 35.5 Å². The van der Waals surface area contributed by atoms with E-state index in [9.17, 15) is 18.0 Å². The van der Waals surface area contributed by atoms with Crippen LogP contribution in [0.25, 0.3) is 10.9 Å². The van der Waals surface area contributed by atoms with E-state index >= 15 is 0 Å². The van der Waals surface area contributed by atoms with Gasteiger partial charge in [-0.15, -0.1) is 0 Å². The van der Waals surface area contributed by atoms with E-state index in [1.807, 2.05) is 0 Å². The molecule has 0 aliphatic heterocycles. The molecule has 1 heterocycles. The first kappa shape index (κ1) is 13.4. The van der Waals surface area contributed by atoms with Gasteiger partial charge in [0, 0.05) is 16.9 Å². The summed E-state index contributed by atoms with van der Waals surface area (Å²) in [5, 5.41) is 8.98. The molecule has 0 bridgehead atoms. The van der Waals surface area contributed by atoms with Crippen LogP contribution < -0.4 is 5.73 Å². The van der Waals surface area contributed by atoms with Crippen LogP contribution >= 0.6 is 0 Å². The quantitative estimate of drug-likeness (QED) is 0.803. The number of fused-ring (bicyclic) bond motifs is 1. The molecule has 0 aliphatic rings. The maximum atomic E-state index is 12.6. The number of hydrogen-bond acceptors (Lipinski definition) is 2. The molecule has 2 rings (SSSR count). The number of alkyl halides is 3. The lowest BCUT2D eigenvalue weighted by atomic mass is 10.0. The van der Waals surface area contributed by atoms with Crippen molar-refractivity contribution >= 4 is 16.9 Å². The van der Waals surface area contributed by atoms with E-state index in [1.54, 1.807) is 0 Å². The zero-order chi connectivity index (χ0) is 14.2. The second-order valence-electron chi connectivity index (χ2n) is 4.19. The van der Waals surface area contributed by atoms with Crippen molar-refractivity contribution in [1.29, 1.82) is 0 Å². The number of halogens is 3. The minimum absolute atomic E-state index is 0.283. The standard InChI is InChI=1S/C12H11F3N2O2/c13-12(14,15)10-4-7-6(8(16)5-11(18)19)2-1-3-9(7)17-10/h1-4,8,17H,5,16H2,(H,18,19). The number of nitrogens with two attached hydrogens (primary N) is 1. The van der Waals surface area contributed by atoms with E-state index < -0.39 is 23.9 Å². The molecular weight excluding hydrogens is 261 g/mol. The van der Waals surface area contributed by atoms with Gasteiger partial charge in [0.05, 0.1) is 6.42 Å². The second kappa shape index (κ2) is 4.58. The molecule has 0 saturated carbocycles. The van der Waals surface area contributed by atoms with Crippen LogP contribution in [0.15, 0.2) is 24.3 Å². The normalized spacial score (nSPS) is 13.7. The van der Waals surface area contributed by atoms with Gasteiger partial charge in [-0.25, -0.2) is 0 Å². The van der Waals surface area contributed by atoms with Crippen molar-refractivity contribution in [3.63, 3.8) is 0 Å². The van der Waals surface area contributed by atoms with Crippen molar-refractivity contribution in [1.82, 2.24) is 4.98 Å². The van der Waals surface area contributed by atoms with Gasteiger partial charge in [-0.05, 0) is 17.7 Å². The Labute approximate surface area is 106 Å². The van der Waals surface area contributed by atoms with Gasteiger partial charge in [-0.1, -0.05) is 12.1 Å². The maximum Gasteiger partial charge on any atom is 0.431 e. The number of carboxylic acid groups (broad SMARTS) is 1. The molecule has 0 amide bonds. The van der Waals surface area contributed by atoms with Crippen LogP contribution in [0.3, 0.4) is 0 Å². The van der Waals surface area contributed by atoms with E-state index in [-0.39, 0.29) is 11.9 Å². The van der Waals surface area contributed by atoms with E-state index in [1.165, 1.54) is 18.2 Å². The van der Waals surface area contributed by atoms with Crippen molar-refractivity contribution < 1.29 is 23.1 Å². The number of aromatic nitrogens is 1. The fraction of sp³-hybridized carbons (Fsp3) is 0.250. The maximum absolute atomic E-state index is 12.6. The average molecular weight is 272 g/mol. The monoisotopic (exact) mass is 272 g/mol. The first-order valence-electron chi connectivity index (χ1n) is 5.45. The lowest BCUT2D eigenvalue weighted by Crippen LogP contribution is -2.15. The van der Waals surface area contributed by atoms with Gasteiger partial charge >= 0.3 is 12.1 Å². The Balaban J connectivity index is 2.51. The van der Waals surface area contributed by atoms with Gasteiger partial charge in [0.1, 0.15) is 5.69 Å². The number of hydrogen-bond donors (Lipinski definition) is 3. The Kier molecular flexibility index (Phi) is 3.23. The van der Waals surface area contributed by atoms with Gasteiger partial charge in [0.2, 0.25) is 0 Å². The Morgan fingerprint density at radius 1 is 1.42 bits per heavy atom. The van der Waals surface area contributed by atoms with Crippen LogP contribution in [0.4, 0.5) is 13.2 Å². The third-order valence-corrected chi connectivity index (χ3v) is 2.80. The van der Waals surface area contributed by atoms with Crippen molar-refractivity contribution in [2.75, 3.05) is 0 Å². The smallest absolute Gasteiger partial charge is 0.431 e. The third kappa shape index (κ3) is 2.70. The summed E-state index contributed by atoms with van der Waals surface area (Å²) in [4.78, 5) is 12.9. The molecule has 0 saturated heterocycles. The molecule has 0 radical (unpaired) electrons. The van der Waals surface area contributed by atoms with E-state index in [0.717, 1.165) is 6.07 Å². The van der Waals surface area contributed by atoms with Gasteiger partial charge in [-0.2, -0.15) is 13.2 Å².